The van der Waals surface area contributed by atoms with E-state index in [1.54, 1.807) is 43.5 Å². The molecule has 3 aromatic carbocycles. The molecule has 0 spiro atoms. The highest BCUT2D eigenvalue weighted by molar-refractivity contribution is 6.30. The molecule has 3 rings (SSSR count). The average Bonchev–Trinajstić information content (AvgIpc) is 2.72. The molecule has 0 aromatic heterocycles. The highest BCUT2D eigenvalue weighted by Gasteiger charge is 2.02. The standard InChI is InChI=1S/C23H19ClO3/c1-26-21-13-7-19(8-14-21)23(25)15-6-17-4-11-22(12-5-17)27-16-18-2-9-20(24)10-3-18/h2-15H,16H2,1H3/b15-6+. The van der Waals surface area contributed by atoms with Gasteiger partial charge in [0.2, 0.25) is 0 Å². The number of carbonyl (C=O) groups is 1. The van der Waals surface area contributed by atoms with Crippen molar-refractivity contribution in [3.8, 4) is 11.5 Å². The smallest absolute Gasteiger partial charge is 0.185 e. The summed E-state index contributed by atoms with van der Waals surface area (Å²) in [6, 6.07) is 22.2. The lowest BCUT2D eigenvalue weighted by Gasteiger charge is -2.06. The largest absolute Gasteiger partial charge is 0.497 e. The van der Waals surface area contributed by atoms with Crippen LogP contribution in [0, 0.1) is 0 Å². The molecule has 0 atom stereocenters. The Labute approximate surface area is 163 Å². The van der Waals surface area contributed by atoms with Gasteiger partial charge in [0, 0.05) is 10.6 Å². The van der Waals surface area contributed by atoms with Gasteiger partial charge < -0.3 is 9.47 Å². The minimum absolute atomic E-state index is 0.0549. The number of allylic oxidation sites excluding steroid dienone is 1. The number of carbonyl (C=O) groups excluding carboxylic acids is 1. The van der Waals surface area contributed by atoms with Crippen LogP contribution < -0.4 is 9.47 Å². The van der Waals surface area contributed by atoms with Crippen molar-refractivity contribution in [1.29, 1.82) is 0 Å². The van der Waals surface area contributed by atoms with Crippen molar-refractivity contribution in [2.75, 3.05) is 7.11 Å². The molecule has 0 N–H and O–H groups in total. The number of halogens is 1. The predicted octanol–water partition coefficient (Wildman–Crippen LogP) is 5.82. The number of rotatable bonds is 7. The number of hydrogen-bond donors (Lipinski definition) is 0. The summed E-state index contributed by atoms with van der Waals surface area (Å²) in [5.41, 5.74) is 2.60. The lowest BCUT2D eigenvalue weighted by molar-refractivity contribution is 0.104. The first-order valence-corrected chi connectivity index (χ1v) is 8.85. The fraction of sp³-hybridized carbons (Fsp3) is 0.0870. The molecule has 3 nitrogen and oxygen atoms in total. The molecule has 0 unspecified atom stereocenters. The summed E-state index contributed by atoms with van der Waals surface area (Å²) in [7, 11) is 1.60. The molecular formula is C23H19ClO3. The lowest BCUT2D eigenvalue weighted by atomic mass is 10.1. The van der Waals surface area contributed by atoms with Crippen LogP contribution in [0.2, 0.25) is 5.02 Å². The molecule has 0 fully saturated rings. The molecule has 0 radical (unpaired) electrons. The van der Waals surface area contributed by atoms with Gasteiger partial charge in [0.25, 0.3) is 0 Å². The SMILES string of the molecule is COc1ccc(C(=O)/C=C/c2ccc(OCc3ccc(Cl)cc3)cc2)cc1. The van der Waals surface area contributed by atoms with Gasteiger partial charge in [-0.2, -0.15) is 0 Å². The van der Waals surface area contributed by atoms with Crippen LogP contribution in [0.3, 0.4) is 0 Å². The third-order valence-corrected chi connectivity index (χ3v) is 4.25. The van der Waals surface area contributed by atoms with Crippen LogP contribution in [0.25, 0.3) is 6.08 Å². The Morgan fingerprint density at radius 2 is 1.52 bits per heavy atom. The second kappa shape index (κ2) is 9.06. The quantitative estimate of drug-likeness (QED) is 0.383. The van der Waals surface area contributed by atoms with Crippen molar-refractivity contribution in [2.45, 2.75) is 6.61 Å². The number of benzene rings is 3. The molecule has 136 valence electrons. The van der Waals surface area contributed by atoms with Gasteiger partial charge in [-0.25, -0.2) is 0 Å². The monoisotopic (exact) mass is 378 g/mol. The normalized spacial score (nSPS) is 10.7. The first-order chi connectivity index (χ1) is 13.1. The van der Waals surface area contributed by atoms with Crippen LogP contribution in [-0.2, 0) is 6.61 Å². The van der Waals surface area contributed by atoms with Crippen LogP contribution in [0.15, 0.2) is 78.9 Å². The summed E-state index contributed by atoms with van der Waals surface area (Å²) in [6.45, 7) is 0.475. The van der Waals surface area contributed by atoms with Gasteiger partial charge in [-0.15, -0.1) is 0 Å². The van der Waals surface area contributed by atoms with E-state index in [9.17, 15) is 4.79 Å². The van der Waals surface area contributed by atoms with Crippen LogP contribution in [0.1, 0.15) is 21.5 Å². The Morgan fingerprint density at radius 3 is 2.15 bits per heavy atom. The molecule has 0 aliphatic rings. The zero-order valence-corrected chi connectivity index (χ0v) is 15.6. The fourth-order valence-electron chi connectivity index (χ4n) is 2.45. The Hall–Kier alpha value is -3.04. The van der Waals surface area contributed by atoms with E-state index in [4.69, 9.17) is 21.1 Å². The van der Waals surface area contributed by atoms with Crippen molar-refractivity contribution in [3.63, 3.8) is 0 Å². The number of ketones is 1. The first-order valence-electron chi connectivity index (χ1n) is 8.48. The summed E-state index contributed by atoms with van der Waals surface area (Å²) < 4.78 is 10.9. The van der Waals surface area contributed by atoms with Crippen molar-refractivity contribution < 1.29 is 14.3 Å². The Balaban J connectivity index is 1.56. The van der Waals surface area contributed by atoms with Crippen LogP contribution >= 0.6 is 11.6 Å². The zero-order chi connectivity index (χ0) is 19.1. The van der Waals surface area contributed by atoms with Gasteiger partial charge >= 0.3 is 0 Å². The van der Waals surface area contributed by atoms with E-state index >= 15 is 0 Å². The van der Waals surface area contributed by atoms with Crippen molar-refractivity contribution in [2.24, 2.45) is 0 Å². The lowest BCUT2D eigenvalue weighted by Crippen LogP contribution is -1.95. The molecule has 0 amide bonds. The Kier molecular flexibility index (Phi) is 6.29. The van der Waals surface area contributed by atoms with Crippen LogP contribution in [-0.4, -0.2) is 12.9 Å². The maximum absolute atomic E-state index is 12.2. The van der Waals surface area contributed by atoms with Gasteiger partial charge in [0.1, 0.15) is 18.1 Å². The van der Waals surface area contributed by atoms with Crippen LogP contribution in [0.5, 0.6) is 11.5 Å². The van der Waals surface area contributed by atoms with Crippen molar-refractivity contribution in [1.82, 2.24) is 0 Å². The first kappa shape index (κ1) is 18.7. The summed E-state index contributed by atoms with van der Waals surface area (Å²) in [5, 5.41) is 0.707. The van der Waals surface area contributed by atoms with Gasteiger partial charge in [-0.3, -0.25) is 4.79 Å². The van der Waals surface area contributed by atoms with E-state index in [2.05, 4.69) is 0 Å². The van der Waals surface area contributed by atoms with E-state index in [1.807, 2.05) is 48.5 Å². The molecule has 0 heterocycles. The van der Waals surface area contributed by atoms with Crippen molar-refractivity contribution in [3.05, 3.63) is 101 Å². The third-order valence-electron chi connectivity index (χ3n) is 4.00. The summed E-state index contributed by atoms with van der Waals surface area (Å²) in [6.07, 6.45) is 3.35. The van der Waals surface area contributed by atoms with E-state index in [-0.39, 0.29) is 5.78 Å². The average molecular weight is 379 g/mol. The molecule has 0 saturated carbocycles. The molecule has 0 aliphatic carbocycles. The van der Waals surface area contributed by atoms with Crippen molar-refractivity contribution >= 4 is 23.5 Å². The van der Waals surface area contributed by atoms with Gasteiger partial charge in [0.05, 0.1) is 7.11 Å². The zero-order valence-electron chi connectivity index (χ0n) is 14.9. The van der Waals surface area contributed by atoms with E-state index < -0.39 is 0 Å². The molecule has 27 heavy (non-hydrogen) atoms. The number of hydrogen-bond acceptors (Lipinski definition) is 3. The van der Waals surface area contributed by atoms with E-state index in [0.29, 0.717) is 17.2 Å². The molecule has 4 heteroatoms. The van der Waals surface area contributed by atoms with Crippen LogP contribution in [0.4, 0.5) is 0 Å². The second-order valence-corrected chi connectivity index (χ2v) is 6.35. The minimum Gasteiger partial charge on any atom is -0.497 e. The highest BCUT2D eigenvalue weighted by atomic mass is 35.5. The number of methoxy groups -OCH3 is 1. The van der Waals surface area contributed by atoms with E-state index in [0.717, 1.165) is 22.6 Å². The topological polar surface area (TPSA) is 35.5 Å². The Morgan fingerprint density at radius 1 is 0.889 bits per heavy atom. The predicted molar refractivity (Wildman–Crippen MR) is 109 cm³/mol. The third kappa shape index (κ3) is 5.47. The summed E-state index contributed by atoms with van der Waals surface area (Å²) >= 11 is 5.87. The molecule has 3 aromatic rings. The second-order valence-electron chi connectivity index (χ2n) is 5.91. The Bertz CT molecular complexity index is 911. The minimum atomic E-state index is -0.0549. The molecule has 0 saturated heterocycles. The molecule has 0 bridgehead atoms. The highest BCUT2D eigenvalue weighted by Crippen LogP contribution is 2.17. The number of ether oxygens (including phenoxy) is 2. The van der Waals surface area contributed by atoms with Gasteiger partial charge in [-0.1, -0.05) is 41.9 Å². The van der Waals surface area contributed by atoms with Gasteiger partial charge in [0.15, 0.2) is 5.78 Å². The van der Waals surface area contributed by atoms with Gasteiger partial charge in [-0.05, 0) is 65.7 Å². The summed E-state index contributed by atoms with van der Waals surface area (Å²) in [4.78, 5) is 12.2. The van der Waals surface area contributed by atoms with E-state index in [1.165, 1.54) is 0 Å². The maximum Gasteiger partial charge on any atom is 0.185 e. The summed E-state index contributed by atoms with van der Waals surface area (Å²) in [5.74, 6) is 1.44. The maximum atomic E-state index is 12.2. The molecular weight excluding hydrogens is 360 g/mol. The fourth-order valence-corrected chi connectivity index (χ4v) is 2.57. The molecule has 0 aliphatic heterocycles.